The normalized spacial score (nSPS) is 17.0. The summed E-state index contributed by atoms with van der Waals surface area (Å²) in [5, 5.41) is 5.34. The van der Waals surface area contributed by atoms with Gasteiger partial charge in [0.25, 0.3) is 0 Å². The van der Waals surface area contributed by atoms with E-state index in [1.807, 2.05) is 0 Å². The van der Waals surface area contributed by atoms with Crippen molar-refractivity contribution in [2.24, 2.45) is 7.05 Å². The summed E-state index contributed by atoms with van der Waals surface area (Å²) in [5.74, 6) is 0. The Morgan fingerprint density at radius 2 is 0.661 bits per heavy atom. The average molecular weight is 798 g/mol. The number of fused-ring (bicyclic) bond motifs is 16. The van der Waals surface area contributed by atoms with Crippen LogP contribution in [0.4, 0.5) is 0 Å². The SMILES string of the molecule is Cn1c(-c2ccc3c(c2)C(C)(C)c2cc4c(cc2-3)C(C)(C)c2ccc3ccccc3c2-4)ccc1-c1ccc2c(c1)C(C)(C)c1cc3c(cc1-2)C(C)(C)c1ccc2ccccc2c1-3. The number of nitrogens with zero attached hydrogens (tertiary/aromatic N) is 1. The fourth-order valence-corrected chi connectivity index (χ4v) is 12.9. The van der Waals surface area contributed by atoms with Gasteiger partial charge in [-0.15, -0.1) is 0 Å². The van der Waals surface area contributed by atoms with Gasteiger partial charge in [-0.1, -0.05) is 152 Å². The minimum atomic E-state index is -0.133. The highest BCUT2D eigenvalue weighted by atomic mass is 15.0. The van der Waals surface area contributed by atoms with Crippen molar-refractivity contribution in [2.45, 2.75) is 77.0 Å². The molecule has 0 N–H and O–H groups in total. The van der Waals surface area contributed by atoms with Gasteiger partial charge in [-0.05, 0) is 170 Å². The second kappa shape index (κ2) is 11.5. The van der Waals surface area contributed by atoms with E-state index in [4.69, 9.17) is 0 Å². The molecule has 13 rings (SSSR count). The first kappa shape index (κ1) is 36.2. The smallest absolute Gasteiger partial charge is 0.0482 e. The fraction of sp³-hybridized carbons (Fsp3) is 0.213. The first-order valence-corrected chi connectivity index (χ1v) is 22.6. The summed E-state index contributed by atoms with van der Waals surface area (Å²) in [5.41, 5.74) is 27.2. The molecule has 1 heterocycles. The van der Waals surface area contributed by atoms with Crippen LogP contribution in [0.3, 0.4) is 0 Å². The highest BCUT2D eigenvalue weighted by Crippen LogP contribution is 2.59. The van der Waals surface area contributed by atoms with Gasteiger partial charge in [-0.2, -0.15) is 0 Å². The molecule has 1 heteroatoms. The lowest BCUT2D eigenvalue weighted by Crippen LogP contribution is -2.17. The second-order valence-electron chi connectivity index (χ2n) is 21.0. The van der Waals surface area contributed by atoms with Crippen LogP contribution in [-0.4, -0.2) is 4.57 Å². The molecular weight excluding hydrogens is 747 g/mol. The largest absolute Gasteiger partial charge is 0.344 e. The molecule has 0 fully saturated rings. The van der Waals surface area contributed by atoms with Crippen LogP contribution in [0.1, 0.15) is 99.9 Å². The molecule has 1 aromatic heterocycles. The Morgan fingerprint density at radius 3 is 1.10 bits per heavy atom. The lowest BCUT2D eigenvalue weighted by molar-refractivity contribution is 0.652. The van der Waals surface area contributed by atoms with Gasteiger partial charge in [0.1, 0.15) is 0 Å². The van der Waals surface area contributed by atoms with Crippen LogP contribution in [0, 0.1) is 0 Å². The zero-order valence-electron chi connectivity index (χ0n) is 37.3. The fourth-order valence-electron chi connectivity index (χ4n) is 12.9. The molecule has 0 unspecified atom stereocenters. The van der Waals surface area contributed by atoms with Gasteiger partial charge in [-0.3, -0.25) is 0 Å². The van der Waals surface area contributed by atoms with Crippen molar-refractivity contribution in [2.75, 3.05) is 0 Å². The van der Waals surface area contributed by atoms with Crippen molar-refractivity contribution in [3.63, 3.8) is 0 Å². The van der Waals surface area contributed by atoms with E-state index in [0.717, 1.165) is 0 Å². The number of hydrogen-bond donors (Lipinski definition) is 0. The van der Waals surface area contributed by atoms with E-state index in [1.54, 1.807) is 0 Å². The van der Waals surface area contributed by atoms with Crippen LogP contribution < -0.4 is 0 Å². The van der Waals surface area contributed by atoms with E-state index >= 15 is 0 Å². The van der Waals surface area contributed by atoms with Gasteiger partial charge < -0.3 is 4.57 Å². The Kier molecular flexibility index (Phi) is 6.73. The standard InChI is InChI=1S/C61H51N/c1-58(2)46-24-20-34-14-10-12-16-38(34)56(46)44-32-50-42(30-52(44)58)40-22-18-36(28-48(40)60(50,5)6)54-26-27-55(62(54)9)37-19-23-41-43-31-53-45(33-51(43)61(7,8)49(41)29-37)57-39-17-13-11-15-35(39)21-25-47(57)59(53,3)4/h10-33H,1-9H3. The summed E-state index contributed by atoms with van der Waals surface area (Å²) in [7, 11) is 2.24. The Bertz CT molecular complexity index is 3290. The van der Waals surface area contributed by atoms with Crippen molar-refractivity contribution < 1.29 is 0 Å². The molecule has 0 aliphatic heterocycles. The molecule has 1 nitrogen and oxygen atoms in total. The molecule has 0 spiro atoms. The van der Waals surface area contributed by atoms with Crippen LogP contribution >= 0.6 is 0 Å². The van der Waals surface area contributed by atoms with Crippen LogP contribution in [0.15, 0.2) is 146 Å². The van der Waals surface area contributed by atoms with E-state index in [2.05, 4.69) is 213 Å². The van der Waals surface area contributed by atoms with Crippen LogP contribution in [0.5, 0.6) is 0 Å². The summed E-state index contributed by atoms with van der Waals surface area (Å²) in [6.45, 7) is 19.3. The van der Waals surface area contributed by atoms with E-state index < -0.39 is 0 Å². The molecule has 0 radical (unpaired) electrons. The third-order valence-electron chi connectivity index (χ3n) is 16.4. The number of aromatic nitrogens is 1. The Hall–Kier alpha value is -6.44. The zero-order chi connectivity index (χ0) is 42.4. The zero-order valence-corrected chi connectivity index (χ0v) is 37.3. The molecule has 0 saturated carbocycles. The van der Waals surface area contributed by atoms with Crippen molar-refractivity contribution >= 4 is 21.5 Å². The van der Waals surface area contributed by atoms with Crippen LogP contribution in [-0.2, 0) is 28.7 Å². The molecule has 4 aliphatic carbocycles. The summed E-state index contributed by atoms with van der Waals surface area (Å²) in [6.07, 6.45) is 0. The van der Waals surface area contributed by atoms with Gasteiger partial charge in [0.15, 0.2) is 0 Å². The quantitative estimate of drug-likeness (QED) is 0.164. The molecule has 8 aromatic carbocycles. The van der Waals surface area contributed by atoms with E-state index in [0.29, 0.717) is 0 Å². The average Bonchev–Trinajstić information content (AvgIpc) is 3.97. The van der Waals surface area contributed by atoms with Gasteiger partial charge in [0.05, 0.1) is 0 Å². The monoisotopic (exact) mass is 797 g/mol. The number of rotatable bonds is 2. The molecule has 0 amide bonds. The number of benzene rings is 8. The molecule has 9 aromatic rings. The summed E-state index contributed by atoms with van der Waals surface area (Å²) >= 11 is 0. The van der Waals surface area contributed by atoms with Crippen molar-refractivity contribution in [3.8, 4) is 67.0 Å². The molecule has 62 heavy (non-hydrogen) atoms. The molecular formula is C61H51N. The van der Waals surface area contributed by atoms with Gasteiger partial charge in [-0.25, -0.2) is 0 Å². The van der Waals surface area contributed by atoms with Crippen LogP contribution in [0.2, 0.25) is 0 Å². The Balaban J connectivity index is 0.873. The molecule has 0 saturated heterocycles. The molecule has 300 valence electrons. The first-order chi connectivity index (χ1) is 29.7. The van der Waals surface area contributed by atoms with Crippen molar-refractivity contribution in [3.05, 3.63) is 190 Å². The maximum Gasteiger partial charge on any atom is 0.0482 e. The Labute approximate surface area is 365 Å². The number of hydrogen-bond acceptors (Lipinski definition) is 0. The molecule has 0 bridgehead atoms. The summed E-state index contributed by atoms with van der Waals surface area (Å²) < 4.78 is 2.41. The predicted octanol–water partition coefficient (Wildman–Crippen LogP) is 15.9. The van der Waals surface area contributed by atoms with Crippen LogP contribution in [0.25, 0.3) is 88.6 Å². The van der Waals surface area contributed by atoms with E-state index in [1.165, 1.54) is 133 Å². The molecule has 4 aliphatic rings. The minimum absolute atomic E-state index is 0.0654. The van der Waals surface area contributed by atoms with Crippen molar-refractivity contribution in [1.82, 2.24) is 4.57 Å². The van der Waals surface area contributed by atoms with Gasteiger partial charge in [0, 0.05) is 40.1 Å². The first-order valence-electron chi connectivity index (χ1n) is 22.6. The van der Waals surface area contributed by atoms with Gasteiger partial charge in [0.2, 0.25) is 0 Å². The third-order valence-corrected chi connectivity index (χ3v) is 16.4. The summed E-state index contributed by atoms with van der Waals surface area (Å²) in [6, 6.07) is 56.5. The maximum atomic E-state index is 2.55. The second-order valence-corrected chi connectivity index (χ2v) is 21.0. The lowest BCUT2D eigenvalue weighted by Gasteiger charge is -2.24. The topological polar surface area (TPSA) is 4.93 Å². The maximum absolute atomic E-state index is 2.55. The predicted molar refractivity (Wildman–Crippen MR) is 262 cm³/mol. The highest BCUT2D eigenvalue weighted by Gasteiger charge is 2.44. The minimum Gasteiger partial charge on any atom is -0.344 e. The third kappa shape index (κ3) is 4.34. The van der Waals surface area contributed by atoms with Crippen molar-refractivity contribution in [1.29, 1.82) is 0 Å². The lowest BCUT2D eigenvalue weighted by atomic mass is 9.79. The summed E-state index contributed by atoms with van der Waals surface area (Å²) in [4.78, 5) is 0. The Morgan fingerprint density at radius 1 is 0.306 bits per heavy atom. The highest BCUT2D eigenvalue weighted by molar-refractivity contribution is 6.05. The van der Waals surface area contributed by atoms with E-state index in [9.17, 15) is 0 Å². The van der Waals surface area contributed by atoms with E-state index in [-0.39, 0.29) is 21.7 Å². The molecule has 0 atom stereocenters. The van der Waals surface area contributed by atoms with Gasteiger partial charge >= 0.3 is 0 Å².